The molecule has 142 valence electrons. The fourth-order valence-corrected chi connectivity index (χ4v) is 3.40. The summed E-state index contributed by atoms with van der Waals surface area (Å²) in [7, 11) is 1.67. The van der Waals surface area contributed by atoms with Gasteiger partial charge in [-0.05, 0) is 50.9 Å². The predicted octanol–water partition coefficient (Wildman–Crippen LogP) is 1.92. The first-order valence-electron chi connectivity index (χ1n) is 9.06. The van der Waals surface area contributed by atoms with Crippen LogP contribution in [0, 0.1) is 15.5 Å². The number of ether oxygens (including phenoxy) is 1. The summed E-state index contributed by atoms with van der Waals surface area (Å²) in [5.74, 6) is -0.292. The van der Waals surface area contributed by atoms with Crippen molar-refractivity contribution in [2.45, 2.75) is 31.7 Å². The molecular formula is C18H26N4O4. The molecule has 1 saturated heterocycles. The maximum Gasteiger partial charge on any atom is 0.293 e. The van der Waals surface area contributed by atoms with Crippen LogP contribution in [0.3, 0.4) is 0 Å². The first-order valence-corrected chi connectivity index (χ1v) is 9.06. The minimum absolute atomic E-state index is 0.0574. The Labute approximate surface area is 152 Å². The first kappa shape index (κ1) is 18.6. The van der Waals surface area contributed by atoms with Gasteiger partial charge in [-0.2, -0.15) is 0 Å². The largest absolute Gasteiger partial charge is 0.384 e. The fraction of sp³-hybridized carbons (Fsp3) is 0.611. The normalized spacial score (nSPS) is 19.0. The molecule has 2 fully saturated rings. The number of rotatable bonds is 8. The van der Waals surface area contributed by atoms with Crippen LogP contribution in [0.25, 0.3) is 0 Å². The van der Waals surface area contributed by atoms with Crippen LogP contribution in [0.1, 0.15) is 36.0 Å². The Morgan fingerprint density at radius 3 is 2.73 bits per heavy atom. The molecule has 1 aromatic rings. The SMILES string of the molecule is COCC1(CNC(=O)c2ccc(NC3CC3)c([N+](=O)[O-])c2)CCNCC1. The third-order valence-electron chi connectivity index (χ3n) is 5.13. The second kappa shape index (κ2) is 8.01. The Kier molecular flexibility index (Phi) is 5.73. The molecule has 8 nitrogen and oxygen atoms in total. The zero-order valence-electron chi connectivity index (χ0n) is 15.0. The average Bonchev–Trinajstić information content (AvgIpc) is 3.45. The van der Waals surface area contributed by atoms with Crippen LogP contribution in [0.4, 0.5) is 11.4 Å². The van der Waals surface area contributed by atoms with E-state index in [0.717, 1.165) is 38.8 Å². The highest BCUT2D eigenvalue weighted by molar-refractivity contribution is 5.95. The molecule has 1 aromatic carbocycles. The third-order valence-corrected chi connectivity index (χ3v) is 5.13. The minimum atomic E-state index is -0.444. The van der Waals surface area contributed by atoms with E-state index in [1.807, 2.05) is 0 Å². The van der Waals surface area contributed by atoms with Gasteiger partial charge in [-0.1, -0.05) is 0 Å². The van der Waals surface area contributed by atoms with E-state index in [1.165, 1.54) is 6.07 Å². The van der Waals surface area contributed by atoms with Gasteiger partial charge in [0.05, 0.1) is 11.5 Å². The zero-order chi connectivity index (χ0) is 18.6. The molecule has 3 rings (SSSR count). The number of nitro benzene ring substituents is 1. The van der Waals surface area contributed by atoms with Crippen molar-refractivity contribution in [1.82, 2.24) is 10.6 Å². The summed E-state index contributed by atoms with van der Waals surface area (Å²) in [6.07, 6.45) is 3.89. The Hall–Kier alpha value is -2.19. The van der Waals surface area contributed by atoms with Gasteiger partial charge in [0.1, 0.15) is 5.69 Å². The highest BCUT2D eigenvalue weighted by atomic mass is 16.6. The van der Waals surface area contributed by atoms with Crippen molar-refractivity contribution < 1.29 is 14.5 Å². The summed E-state index contributed by atoms with van der Waals surface area (Å²) >= 11 is 0. The van der Waals surface area contributed by atoms with Gasteiger partial charge < -0.3 is 20.7 Å². The van der Waals surface area contributed by atoms with Crippen LogP contribution in [-0.2, 0) is 4.74 Å². The number of nitro groups is 1. The number of benzene rings is 1. The number of carbonyl (C=O) groups is 1. The second-order valence-corrected chi connectivity index (χ2v) is 7.27. The van der Waals surface area contributed by atoms with Gasteiger partial charge in [0, 0.05) is 36.7 Å². The van der Waals surface area contributed by atoms with Crippen LogP contribution < -0.4 is 16.0 Å². The summed E-state index contributed by atoms with van der Waals surface area (Å²) in [5.41, 5.74) is 0.635. The zero-order valence-corrected chi connectivity index (χ0v) is 15.0. The Bertz CT molecular complexity index is 664. The monoisotopic (exact) mass is 362 g/mol. The lowest BCUT2D eigenvalue weighted by molar-refractivity contribution is -0.384. The molecule has 8 heteroatoms. The first-order chi connectivity index (χ1) is 12.5. The van der Waals surface area contributed by atoms with Crippen molar-refractivity contribution >= 4 is 17.3 Å². The maximum absolute atomic E-state index is 12.5. The standard InChI is InChI=1S/C18H26N4O4/c1-26-12-18(6-8-19-9-7-18)11-20-17(23)13-2-5-15(21-14-3-4-14)16(10-13)22(24)25/h2,5,10,14,19,21H,3-4,6-9,11-12H2,1H3,(H,20,23). The van der Waals surface area contributed by atoms with E-state index in [9.17, 15) is 14.9 Å². The van der Waals surface area contributed by atoms with E-state index in [4.69, 9.17) is 4.74 Å². The number of nitrogens with one attached hydrogen (secondary N) is 3. The Balaban J connectivity index is 1.68. The lowest BCUT2D eigenvalue weighted by atomic mass is 9.79. The number of amides is 1. The number of anilines is 1. The maximum atomic E-state index is 12.5. The lowest BCUT2D eigenvalue weighted by Crippen LogP contribution is -2.47. The minimum Gasteiger partial charge on any atom is -0.384 e. The molecule has 1 amide bonds. The van der Waals surface area contributed by atoms with Gasteiger partial charge in [0.15, 0.2) is 0 Å². The molecule has 0 unspecified atom stereocenters. The third kappa shape index (κ3) is 4.50. The molecule has 0 atom stereocenters. The van der Waals surface area contributed by atoms with Crippen molar-refractivity contribution in [3.05, 3.63) is 33.9 Å². The topological polar surface area (TPSA) is 106 Å². The number of hydrogen-bond acceptors (Lipinski definition) is 6. The van der Waals surface area contributed by atoms with Crippen molar-refractivity contribution in [3.8, 4) is 0 Å². The highest BCUT2D eigenvalue weighted by Crippen LogP contribution is 2.32. The van der Waals surface area contributed by atoms with Gasteiger partial charge in [-0.3, -0.25) is 14.9 Å². The van der Waals surface area contributed by atoms with Gasteiger partial charge in [0.2, 0.25) is 0 Å². The van der Waals surface area contributed by atoms with E-state index in [1.54, 1.807) is 19.2 Å². The summed E-state index contributed by atoms with van der Waals surface area (Å²) in [6, 6.07) is 4.92. The molecule has 0 bridgehead atoms. The molecule has 3 N–H and O–H groups in total. The number of nitrogens with zero attached hydrogens (tertiary/aromatic N) is 1. The Morgan fingerprint density at radius 2 is 2.12 bits per heavy atom. The molecule has 0 aromatic heterocycles. The van der Waals surface area contributed by atoms with E-state index in [-0.39, 0.29) is 17.0 Å². The molecule has 1 aliphatic heterocycles. The summed E-state index contributed by atoms with van der Waals surface area (Å²) in [6.45, 7) is 2.87. The molecule has 1 saturated carbocycles. The van der Waals surface area contributed by atoms with Gasteiger partial charge in [-0.15, -0.1) is 0 Å². The molecule has 2 aliphatic rings. The van der Waals surface area contributed by atoms with Crippen LogP contribution >= 0.6 is 0 Å². The van der Waals surface area contributed by atoms with Gasteiger partial charge in [0.25, 0.3) is 11.6 Å². The quantitative estimate of drug-likeness (QED) is 0.482. The lowest BCUT2D eigenvalue weighted by Gasteiger charge is -2.37. The van der Waals surface area contributed by atoms with Crippen molar-refractivity contribution in [2.24, 2.45) is 5.41 Å². The molecule has 1 aliphatic carbocycles. The predicted molar refractivity (Wildman–Crippen MR) is 98.5 cm³/mol. The van der Waals surface area contributed by atoms with E-state index in [2.05, 4.69) is 16.0 Å². The van der Waals surface area contributed by atoms with Crippen LogP contribution in [0.15, 0.2) is 18.2 Å². The molecular weight excluding hydrogens is 336 g/mol. The average molecular weight is 362 g/mol. The second-order valence-electron chi connectivity index (χ2n) is 7.27. The number of piperidine rings is 1. The molecule has 26 heavy (non-hydrogen) atoms. The number of carbonyl (C=O) groups excluding carboxylic acids is 1. The van der Waals surface area contributed by atoms with Crippen molar-refractivity contribution in [1.29, 1.82) is 0 Å². The smallest absolute Gasteiger partial charge is 0.293 e. The van der Waals surface area contributed by atoms with E-state index < -0.39 is 4.92 Å². The Morgan fingerprint density at radius 1 is 1.38 bits per heavy atom. The molecule has 1 heterocycles. The van der Waals surface area contributed by atoms with Crippen molar-refractivity contribution in [2.75, 3.05) is 38.7 Å². The van der Waals surface area contributed by atoms with Crippen LogP contribution in [0.5, 0.6) is 0 Å². The van der Waals surface area contributed by atoms with Gasteiger partial charge in [-0.25, -0.2) is 0 Å². The molecule has 0 spiro atoms. The summed E-state index contributed by atoms with van der Waals surface area (Å²) in [4.78, 5) is 23.5. The summed E-state index contributed by atoms with van der Waals surface area (Å²) < 4.78 is 5.36. The van der Waals surface area contributed by atoms with E-state index >= 15 is 0 Å². The van der Waals surface area contributed by atoms with Crippen LogP contribution in [0.2, 0.25) is 0 Å². The summed E-state index contributed by atoms with van der Waals surface area (Å²) in [5, 5.41) is 20.7. The van der Waals surface area contributed by atoms with Crippen LogP contribution in [-0.4, -0.2) is 50.2 Å². The fourth-order valence-electron chi connectivity index (χ4n) is 3.40. The number of methoxy groups -OCH3 is 1. The van der Waals surface area contributed by atoms with Gasteiger partial charge >= 0.3 is 0 Å². The highest BCUT2D eigenvalue weighted by Gasteiger charge is 2.33. The number of hydrogen-bond donors (Lipinski definition) is 3. The molecule has 0 radical (unpaired) electrons. The van der Waals surface area contributed by atoms with Crippen molar-refractivity contribution in [3.63, 3.8) is 0 Å². The van der Waals surface area contributed by atoms with E-state index in [0.29, 0.717) is 30.4 Å².